The standard InChI is InChI=1S/C15H21Cl2NO/c1-18-14(11-6-7-12(16)13(17)10-11)15(19-2)8-4-3-5-9-15/h6-7,10,14,18H,3-5,8-9H2,1-2H3. The maximum Gasteiger partial charge on any atom is 0.0872 e. The van der Waals surface area contributed by atoms with Crippen molar-refractivity contribution in [3.05, 3.63) is 33.8 Å². The van der Waals surface area contributed by atoms with Crippen molar-refractivity contribution in [1.82, 2.24) is 5.32 Å². The second-order valence-corrected chi connectivity index (χ2v) is 6.04. The van der Waals surface area contributed by atoms with E-state index in [4.69, 9.17) is 27.9 Å². The van der Waals surface area contributed by atoms with E-state index in [9.17, 15) is 0 Å². The predicted molar refractivity (Wildman–Crippen MR) is 81.1 cm³/mol. The van der Waals surface area contributed by atoms with E-state index in [0.717, 1.165) is 18.4 Å². The van der Waals surface area contributed by atoms with E-state index in [1.165, 1.54) is 19.3 Å². The van der Waals surface area contributed by atoms with E-state index in [2.05, 4.69) is 5.32 Å². The van der Waals surface area contributed by atoms with Crippen molar-refractivity contribution in [2.24, 2.45) is 0 Å². The molecule has 1 atom stereocenters. The first-order chi connectivity index (χ1) is 9.13. The fourth-order valence-corrected chi connectivity index (χ4v) is 3.49. The summed E-state index contributed by atoms with van der Waals surface area (Å²) in [5.74, 6) is 0. The summed E-state index contributed by atoms with van der Waals surface area (Å²) in [6, 6.07) is 5.98. The fourth-order valence-electron chi connectivity index (χ4n) is 3.19. The van der Waals surface area contributed by atoms with Gasteiger partial charge in [-0.05, 0) is 37.6 Å². The molecule has 4 heteroatoms. The molecule has 1 aliphatic rings. The van der Waals surface area contributed by atoms with Crippen LogP contribution < -0.4 is 5.32 Å². The summed E-state index contributed by atoms with van der Waals surface area (Å²) < 4.78 is 5.92. The highest BCUT2D eigenvalue weighted by Crippen LogP contribution is 2.41. The normalized spacial score (nSPS) is 20.2. The van der Waals surface area contributed by atoms with Gasteiger partial charge in [0, 0.05) is 7.11 Å². The molecule has 0 saturated heterocycles. The van der Waals surface area contributed by atoms with E-state index >= 15 is 0 Å². The van der Waals surface area contributed by atoms with Gasteiger partial charge in [-0.1, -0.05) is 48.5 Å². The van der Waals surface area contributed by atoms with Crippen LogP contribution in [0, 0.1) is 0 Å². The number of hydrogen-bond donors (Lipinski definition) is 1. The van der Waals surface area contributed by atoms with Crippen LogP contribution in [0.25, 0.3) is 0 Å². The van der Waals surface area contributed by atoms with E-state index in [-0.39, 0.29) is 11.6 Å². The van der Waals surface area contributed by atoms with Gasteiger partial charge < -0.3 is 10.1 Å². The minimum atomic E-state index is -0.135. The van der Waals surface area contributed by atoms with E-state index in [1.54, 1.807) is 0 Å². The van der Waals surface area contributed by atoms with Crippen molar-refractivity contribution in [2.45, 2.75) is 43.7 Å². The Morgan fingerprint density at radius 2 is 1.84 bits per heavy atom. The van der Waals surface area contributed by atoms with E-state index in [0.29, 0.717) is 10.0 Å². The number of rotatable bonds is 4. The van der Waals surface area contributed by atoms with Crippen LogP contribution in [0.5, 0.6) is 0 Å². The first-order valence-corrected chi connectivity index (χ1v) is 7.56. The Morgan fingerprint density at radius 3 is 2.37 bits per heavy atom. The maximum atomic E-state index is 6.14. The van der Waals surface area contributed by atoms with Crippen LogP contribution in [0.1, 0.15) is 43.7 Å². The predicted octanol–water partition coefficient (Wildman–Crippen LogP) is 4.60. The molecule has 0 heterocycles. The molecule has 1 N–H and O–H groups in total. The zero-order valence-corrected chi connectivity index (χ0v) is 13.0. The lowest BCUT2D eigenvalue weighted by Gasteiger charge is -2.42. The Balaban J connectivity index is 2.33. The topological polar surface area (TPSA) is 21.3 Å². The van der Waals surface area contributed by atoms with Gasteiger partial charge in [0.25, 0.3) is 0 Å². The first-order valence-electron chi connectivity index (χ1n) is 6.80. The number of ether oxygens (including phenoxy) is 1. The van der Waals surface area contributed by atoms with Gasteiger partial charge in [-0.2, -0.15) is 0 Å². The fraction of sp³-hybridized carbons (Fsp3) is 0.600. The number of hydrogen-bond acceptors (Lipinski definition) is 2. The molecular weight excluding hydrogens is 281 g/mol. The Kier molecular flexibility index (Phi) is 5.13. The van der Waals surface area contributed by atoms with Crippen LogP contribution in [0.15, 0.2) is 18.2 Å². The highest BCUT2D eigenvalue weighted by atomic mass is 35.5. The molecule has 19 heavy (non-hydrogen) atoms. The number of likely N-dealkylation sites (N-methyl/N-ethyl adjacent to an activating group) is 1. The molecule has 0 aromatic heterocycles. The van der Waals surface area contributed by atoms with Crippen molar-refractivity contribution in [3.63, 3.8) is 0 Å². The third-order valence-electron chi connectivity index (χ3n) is 4.20. The van der Waals surface area contributed by atoms with Crippen molar-refractivity contribution in [1.29, 1.82) is 0 Å². The van der Waals surface area contributed by atoms with Crippen molar-refractivity contribution >= 4 is 23.2 Å². The molecule has 1 aromatic rings. The van der Waals surface area contributed by atoms with Gasteiger partial charge in [0.1, 0.15) is 0 Å². The van der Waals surface area contributed by atoms with Crippen LogP contribution in [0.3, 0.4) is 0 Å². The molecule has 0 radical (unpaired) electrons. The smallest absolute Gasteiger partial charge is 0.0872 e. The van der Waals surface area contributed by atoms with Gasteiger partial charge in [-0.15, -0.1) is 0 Å². The summed E-state index contributed by atoms with van der Waals surface area (Å²) in [5.41, 5.74) is 1.00. The SMILES string of the molecule is CNC(c1ccc(Cl)c(Cl)c1)C1(OC)CCCCC1. The van der Waals surface area contributed by atoms with Gasteiger partial charge in [-0.3, -0.25) is 0 Å². The van der Waals surface area contributed by atoms with Crippen LogP contribution in [-0.2, 0) is 4.74 Å². The lowest BCUT2D eigenvalue weighted by Crippen LogP contribution is -2.46. The molecule has 0 spiro atoms. The van der Waals surface area contributed by atoms with E-state index in [1.807, 2.05) is 32.4 Å². The second kappa shape index (κ2) is 6.45. The van der Waals surface area contributed by atoms with Crippen molar-refractivity contribution < 1.29 is 4.74 Å². The Bertz CT molecular complexity index is 430. The van der Waals surface area contributed by atoms with Gasteiger partial charge in [-0.25, -0.2) is 0 Å². The van der Waals surface area contributed by atoms with E-state index < -0.39 is 0 Å². The molecular formula is C15H21Cl2NO. The van der Waals surface area contributed by atoms with Gasteiger partial charge >= 0.3 is 0 Å². The molecule has 0 bridgehead atoms. The summed E-state index contributed by atoms with van der Waals surface area (Å²) in [7, 11) is 3.79. The molecule has 1 unspecified atom stereocenters. The quantitative estimate of drug-likeness (QED) is 0.877. The monoisotopic (exact) mass is 301 g/mol. The molecule has 2 rings (SSSR count). The molecule has 1 fully saturated rings. The van der Waals surface area contributed by atoms with Gasteiger partial charge in [0.05, 0.1) is 21.7 Å². The minimum absolute atomic E-state index is 0.135. The Hall–Kier alpha value is -0.280. The van der Waals surface area contributed by atoms with Gasteiger partial charge in [0.15, 0.2) is 0 Å². The lowest BCUT2D eigenvalue weighted by atomic mass is 9.76. The number of methoxy groups -OCH3 is 1. The number of nitrogens with one attached hydrogen (secondary N) is 1. The number of benzene rings is 1. The first kappa shape index (κ1) is 15.1. The maximum absolute atomic E-state index is 6.14. The number of halogens is 2. The third kappa shape index (κ3) is 3.08. The van der Waals surface area contributed by atoms with Gasteiger partial charge in [0.2, 0.25) is 0 Å². The average molecular weight is 302 g/mol. The molecule has 106 valence electrons. The van der Waals surface area contributed by atoms with Crippen LogP contribution in [0.2, 0.25) is 10.0 Å². The molecule has 1 aromatic carbocycles. The molecule has 2 nitrogen and oxygen atoms in total. The van der Waals surface area contributed by atoms with Crippen LogP contribution >= 0.6 is 23.2 Å². The molecule has 1 aliphatic carbocycles. The zero-order chi connectivity index (χ0) is 13.9. The highest BCUT2D eigenvalue weighted by Gasteiger charge is 2.40. The van der Waals surface area contributed by atoms with Crippen molar-refractivity contribution in [2.75, 3.05) is 14.2 Å². The molecule has 1 saturated carbocycles. The Labute approximate surface area is 125 Å². The summed E-state index contributed by atoms with van der Waals surface area (Å²) in [6.07, 6.45) is 5.88. The summed E-state index contributed by atoms with van der Waals surface area (Å²) in [5, 5.41) is 4.59. The zero-order valence-electron chi connectivity index (χ0n) is 11.5. The third-order valence-corrected chi connectivity index (χ3v) is 4.94. The van der Waals surface area contributed by atoms with Crippen LogP contribution in [-0.4, -0.2) is 19.8 Å². The summed E-state index contributed by atoms with van der Waals surface area (Å²) >= 11 is 12.1. The Morgan fingerprint density at radius 1 is 1.16 bits per heavy atom. The average Bonchev–Trinajstić information content (AvgIpc) is 2.44. The molecule has 0 amide bonds. The largest absolute Gasteiger partial charge is 0.376 e. The van der Waals surface area contributed by atoms with Crippen LogP contribution in [0.4, 0.5) is 0 Å². The minimum Gasteiger partial charge on any atom is -0.376 e. The lowest BCUT2D eigenvalue weighted by molar-refractivity contribution is -0.0671. The second-order valence-electron chi connectivity index (χ2n) is 5.22. The highest BCUT2D eigenvalue weighted by molar-refractivity contribution is 6.42. The summed E-state index contributed by atoms with van der Waals surface area (Å²) in [6.45, 7) is 0. The van der Waals surface area contributed by atoms with Crippen molar-refractivity contribution in [3.8, 4) is 0 Å². The molecule has 0 aliphatic heterocycles. The summed E-state index contributed by atoms with van der Waals surface area (Å²) in [4.78, 5) is 0.